The minimum absolute atomic E-state index is 0.0260. The van der Waals surface area contributed by atoms with Gasteiger partial charge in [0.1, 0.15) is 0 Å². The zero-order chi connectivity index (χ0) is 15.4. The Morgan fingerprint density at radius 1 is 1.10 bits per heavy atom. The molecular formula is C19H31NO. The Kier molecular flexibility index (Phi) is 5.83. The molecule has 1 aromatic rings. The van der Waals surface area contributed by atoms with Crippen LogP contribution in [0.2, 0.25) is 0 Å². The summed E-state index contributed by atoms with van der Waals surface area (Å²) in [6.45, 7) is 8.94. The SMILES string of the molecule is CCC(N)C(OC1CC(C)CC(C)C1)c1ccc(C)cc1. The normalized spacial score (nSPS) is 29.1. The van der Waals surface area contributed by atoms with Gasteiger partial charge in [0.25, 0.3) is 0 Å². The third kappa shape index (κ3) is 4.55. The highest BCUT2D eigenvalue weighted by molar-refractivity contribution is 5.24. The maximum atomic E-state index is 6.49. The molecule has 0 amide bonds. The molecule has 1 aliphatic rings. The van der Waals surface area contributed by atoms with Gasteiger partial charge in [-0.15, -0.1) is 0 Å². The summed E-state index contributed by atoms with van der Waals surface area (Å²) < 4.78 is 6.49. The number of rotatable bonds is 5. The summed E-state index contributed by atoms with van der Waals surface area (Å²) in [5.74, 6) is 1.52. The van der Waals surface area contributed by atoms with Crippen molar-refractivity contribution in [2.45, 2.75) is 71.6 Å². The highest BCUT2D eigenvalue weighted by Crippen LogP contribution is 2.34. The van der Waals surface area contributed by atoms with Crippen molar-refractivity contribution in [2.75, 3.05) is 0 Å². The third-order valence-corrected chi connectivity index (χ3v) is 4.74. The molecule has 1 aromatic carbocycles. The van der Waals surface area contributed by atoms with Crippen molar-refractivity contribution in [1.82, 2.24) is 0 Å². The van der Waals surface area contributed by atoms with Crippen LogP contribution < -0.4 is 5.73 Å². The van der Waals surface area contributed by atoms with Crippen molar-refractivity contribution >= 4 is 0 Å². The van der Waals surface area contributed by atoms with Gasteiger partial charge < -0.3 is 10.5 Å². The zero-order valence-corrected chi connectivity index (χ0v) is 14.0. The monoisotopic (exact) mass is 289 g/mol. The van der Waals surface area contributed by atoms with E-state index in [9.17, 15) is 0 Å². The number of ether oxygens (including phenoxy) is 1. The first kappa shape index (κ1) is 16.5. The molecule has 1 fully saturated rings. The summed E-state index contributed by atoms with van der Waals surface area (Å²) in [5, 5.41) is 0. The van der Waals surface area contributed by atoms with Crippen LogP contribution in [0.25, 0.3) is 0 Å². The molecule has 0 aromatic heterocycles. The lowest BCUT2D eigenvalue weighted by Gasteiger charge is -2.35. The molecule has 4 unspecified atom stereocenters. The second-order valence-corrected chi connectivity index (χ2v) is 7.08. The fourth-order valence-corrected chi connectivity index (χ4v) is 3.59. The Balaban J connectivity index is 2.11. The van der Waals surface area contributed by atoms with Crippen LogP contribution in [0.15, 0.2) is 24.3 Å². The van der Waals surface area contributed by atoms with E-state index in [2.05, 4.69) is 52.0 Å². The van der Waals surface area contributed by atoms with Crippen molar-refractivity contribution in [3.05, 3.63) is 35.4 Å². The summed E-state index contributed by atoms with van der Waals surface area (Å²) in [7, 11) is 0. The van der Waals surface area contributed by atoms with Crippen LogP contribution in [-0.2, 0) is 4.74 Å². The molecular weight excluding hydrogens is 258 g/mol. The van der Waals surface area contributed by atoms with E-state index in [1.54, 1.807) is 0 Å². The van der Waals surface area contributed by atoms with E-state index < -0.39 is 0 Å². The van der Waals surface area contributed by atoms with Crippen molar-refractivity contribution in [2.24, 2.45) is 17.6 Å². The fourth-order valence-electron chi connectivity index (χ4n) is 3.59. The van der Waals surface area contributed by atoms with E-state index in [1.807, 2.05) is 0 Å². The predicted molar refractivity (Wildman–Crippen MR) is 89.2 cm³/mol. The molecule has 1 saturated carbocycles. The molecule has 21 heavy (non-hydrogen) atoms. The Bertz CT molecular complexity index is 418. The average molecular weight is 289 g/mol. The lowest BCUT2D eigenvalue weighted by Crippen LogP contribution is -2.35. The quantitative estimate of drug-likeness (QED) is 0.858. The van der Waals surface area contributed by atoms with Crippen molar-refractivity contribution < 1.29 is 4.74 Å². The summed E-state index contributed by atoms with van der Waals surface area (Å²) >= 11 is 0. The molecule has 4 atom stereocenters. The summed E-state index contributed by atoms with van der Waals surface area (Å²) in [6, 6.07) is 8.72. The molecule has 2 N–H and O–H groups in total. The minimum atomic E-state index is 0.0260. The third-order valence-electron chi connectivity index (χ3n) is 4.74. The van der Waals surface area contributed by atoms with Gasteiger partial charge in [-0.2, -0.15) is 0 Å². The van der Waals surface area contributed by atoms with Gasteiger partial charge >= 0.3 is 0 Å². The van der Waals surface area contributed by atoms with E-state index in [0.717, 1.165) is 18.3 Å². The molecule has 1 aliphatic carbocycles. The van der Waals surface area contributed by atoms with Crippen molar-refractivity contribution in [3.63, 3.8) is 0 Å². The zero-order valence-electron chi connectivity index (χ0n) is 14.0. The van der Waals surface area contributed by atoms with Gasteiger partial charge in [-0.25, -0.2) is 0 Å². The topological polar surface area (TPSA) is 35.2 Å². The molecule has 2 heteroatoms. The molecule has 0 spiro atoms. The number of hydrogen-bond acceptors (Lipinski definition) is 2. The fraction of sp³-hybridized carbons (Fsp3) is 0.684. The Morgan fingerprint density at radius 2 is 1.67 bits per heavy atom. The molecule has 2 rings (SSSR count). The minimum Gasteiger partial charge on any atom is -0.369 e. The standard InChI is InChI=1S/C19H31NO/c1-5-18(20)19(16-8-6-13(2)7-9-16)21-17-11-14(3)10-15(4)12-17/h6-9,14-15,17-19H,5,10-12,20H2,1-4H3. The summed E-state index contributed by atoms with van der Waals surface area (Å²) in [5.41, 5.74) is 8.85. The van der Waals surface area contributed by atoms with Gasteiger partial charge in [-0.3, -0.25) is 0 Å². The predicted octanol–water partition coefficient (Wildman–Crippen LogP) is 4.61. The van der Waals surface area contributed by atoms with Crippen LogP contribution in [0.3, 0.4) is 0 Å². The molecule has 0 bridgehead atoms. The van der Waals surface area contributed by atoms with Crippen LogP contribution in [0, 0.1) is 18.8 Å². The maximum absolute atomic E-state index is 6.49. The van der Waals surface area contributed by atoms with E-state index >= 15 is 0 Å². The first-order valence-electron chi connectivity index (χ1n) is 8.47. The number of hydrogen-bond donors (Lipinski definition) is 1. The van der Waals surface area contributed by atoms with E-state index in [4.69, 9.17) is 10.5 Å². The Labute approximate surface area is 130 Å². The lowest BCUT2D eigenvalue weighted by atomic mass is 9.81. The highest BCUT2D eigenvalue weighted by atomic mass is 16.5. The van der Waals surface area contributed by atoms with Gasteiger partial charge in [-0.05, 0) is 50.0 Å². The Morgan fingerprint density at radius 3 is 2.19 bits per heavy atom. The van der Waals surface area contributed by atoms with Crippen molar-refractivity contribution in [1.29, 1.82) is 0 Å². The molecule has 0 aliphatic heterocycles. The van der Waals surface area contributed by atoms with Crippen LogP contribution >= 0.6 is 0 Å². The summed E-state index contributed by atoms with van der Waals surface area (Å²) in [6.07, 6.45) is 4.99. The first-order valence-corrected chi connectivity index (χ1v) is 8.47. The number of benzene rings is 1. The summed E-state index contributed by atoms with van der Waals surface area (Å²) in [4.78, 5) is 0. The van der Waals surface area contributed by atoms with Gasteiger partial charge in [0.15, 0.2) is 0 Å². The molecule has 0 heterocycles. The lowest BCUT2D eigenvalue weighted by molar-refractivity contribution is -0.0611. The second kappa shape index (κ2) is 7.42. The van der Waals surface area contributed by atoms with E-state index in [1.165, 1.54) is 30.4 Å². The molecule has 0 saturated heterocycles. The Hall–Kier alpha value is -0.860. The first-order chi connectivity index (χ1) is 9.99. The van der Waals surface area contributed by atoms with Gasteiger partial charge in [0.2, 0.25) is 0 Å². The van der Waals surface area contributed by atoms with Crippen LogP contribution in [-0.4, -0.2) is 12.1 Å². The number of aryl methyl sites for hydroxylation is 1. The molecule has 2 nitrogen and oxygen atoms in total. The smallest absolute Gasteiger partial charge is 0.0979 e. The second-order valence-electron chi connectivity index (χ2n) is 7.08. The van der Waals surface area contributed by atoms with Crippen LogP contribution in [0.1, 0.15) is 63.7 Å². The largest absolute Gasteiger partial charge is 0.369 e. The maximum Gasteiger partial charge on any atom is 0.0979 e. The average Bonchev–Trinajstić information content (AvgIpc) is 2.44. The van der Waals surface area contributed by atoms with Crippen LogP contribution in [0.5, 0.6) is 0 Å². The van der Waals surface area contributed by atoms with Gasteiger partial charge in [-0.1, -0.05) is 50.6 Å². The molecule has 0 radical (unpaired) electrons. The van der Waals surface area contributed by atoms with E-state index in [0.29, 0.717) is 6.10 Å². The van der Waals surface area contributed by atoms with Gasteiger partial charge in [0, 0.05) is 6.04 Å². The molecule has 118 valence electrons. The van der Waals surface area contributed by atoms with Gasteiger partial charge in [0.05, 0.1) is 12.2 Å². The highest BCUT2D eigenvalue weighted by Gasteiger charge is 2.29. The van der Waals surface area contributed by atoms with E-state index in [-0.39, 0.29) is 12.1 Å². The number of nitrogens with two attached hydrogens (primary N) is 1. The van der Waals surface area contributed by atoms with Crippen LogP contribution in [0.4, 0.5) is 0 Å². The van der Waals surface area contributed by atoms with Crippen molar-refractivity contribution in [3.8, 4) is 0 Å².